The molecule has 1 N–H and O–H groups in total. The molecule has 0 spiro atoms. The predicted molar refractivity (Wildman–Crippen MR) is 53.8 cm³/mol. The average molecular weight is 183 g/mol. The van der Waals surface area contributed by atoms with Crippen LogP contribution in [0.4, 0.5) is 0 Å². The zero-order chi connectivity index (χ0) is 8.93. The van der Waals surface area contributed by atoms with Gasteiger partial charge in [0, 0.05) is 19.3 Å². The van der Waals surface area contributed by atoms with Crippen LogP contribution in [-0.4, -0.2) is 25.8 Å². The summed E-state index contributed by atoms with van der Waals surface area (Å²) in [7, 11) is 0. The lowest BCUT2D eigenvalue weighted by Crippen LogP contribution is -2.35. The summed E-state index contributed by atoms with van der Waals surface area (Å²) in [6.07, 6.45) is 8.25. The van der Waals surface area contributed by atoms with Crippen molar-refractivity contribution in [2.45, 2.75) is 44.6 Å². The highest BCUT2D eigenvalue weighted by Gasteiger charge is 2.20. The Morgan fingerprint density at radius 3 is 2.54 bits per heavy atom. The third-order valence-corrected chi connectivity index (χ3v) is 3.14. The number of hydrogen-bond acceptors (Lipinski definition) is 2. The van der Waals surface area contributed by atoms with E-state index < -0.39 is 0 Å². The zero-order valence-corrected chi connectivity index (χ0v) is 8.43. The van der Waals surface area contributed by atoms with Crippen molar-refractivity contribution in [3.8, 4) is 0 Å². The zero-order valence-electron chi connectivity index (χ0n) is 8.43. The Bertz CT molecular complexity index is 139. The summed E-state index contributed by atoms with van der Waals surface area (Å²) in [5, 5.41) is 3.62. The number of rotatable bonds is 5. The molecular formula is C11H21NO. The molecule has 1 saturated carbocycles. The van der Waals surface area contributed by atoms with E-state index in [2.05, 4.69) is 5.32 Å². The lowest BCUT2D eigenvalue weighted by Gasteiger charge is -2.23. The lowest BCUT2D eigenvalue weighted by atomic mass is 10.1. The van der Waals surface area contributed by atoms with Crippen molar-refractivity contribution < 1.29 is 4.74 Å². The number of nitrogens with one attached hydrogen (secondary N) is 1. The van der Waals surface area contributed by atoms with Gasteiger partial charge in [0.2, 0.25) is 0 Å². The summed E-state index contributed by atoms with van der Waals surface area (Å²) in [4.78, 5) is 0. The third kappa shape index (κ3) is 3.65. The second kappa shape index (κ2) is 4.97. The van der Waals surface area contributed by atoms with E-state index in [0.717, 1.165) is 25.2 Å². The Morgan fingerprint density at radius 2 is 1.85 bits per heavy atom. The summed E-state index contributed by atoms with van der Waals surface area (Å²) < 4.78 is 5.31. The maximum atomic E-state index is 5.31. The molecule has 0 radical (unpaired) electrons. The molecule has 1 heterocycles. The highest BCUT2D eigenvalue weighted by molar-refractivity contribution is 4.74. The molecule has 2 fully saturated rings. The van der Waals surface area contributed by atoms with Gasteiger partial charge in [0.1, 0.15) is 0 Å². The molecule has 0 bridgehead atoms. The molecule has 1 saturated heterocycles. The fourth-order valence-electron chi connectivity index (χ4n) is 2.01. The molecule has 0 aromatic carbocycles. The molecular weight excluding hydrogens is 162 g/mol. The average Bonchev–Trinajstić information content (AvgIpc) is 2.98. The summed E-state index contributed by atoms with van der Waals surface area (Å²) in [5.74, 6) is 1.09. The van der Waals surface area contributed by atoms with Gasteiger partial charge < -0.3 is 10.1 Å². The van der Waals surface area contributed by atoms with E-state index in [-0.39, 0.29) is 0 Å². The van der Waals surface area contributed by atoms with Gasteiger partial charge >= 0.3 is 0 Å². The third-order valence-electron chi connectivity index (χ3n) is 3.14. The SMILES string of the molecule is C(CNC1CCOCC1)CC1CC1. The van der Waals surface area contributed by atoms with Crippen molar-refractivity contribution in [1.29, 1.82) is 0 Å². The summed E-state index contributed by atoms with van der Waals surface area (Å²) in [6.45, 7) is 3.14. The molecule has 76 valence electrons. The Kier molecular flexibility index (Phi) is 3.62. The molecule has 0 aromatic heterocycles. The van der Waals surface area contributed by atoms with Gasteiger partial charge in [0.15, 0.2) is 0 Å². The predicted octanol–water partition coefficient (Wildman–Crippen LogP) is 1.95. The first-order chi connectivity index (χ1) is 6.45. The van der Waals surface area contributed by atoms with Crippen LogP contribution in [0, 0.1) is 5.92 Å². The van der Waals surface area contributed by atoms with Gasteiger partial charge in [0.25, 0.3) is 0 Å². The Labute approximate surface area is 81.0 Å². The quantitative estimate of drug-likeness (QED) is 0.658. The minimum Gasteiger partial charge on any atom is -0.381 e. The largest absolute Gasteiger partial charge is 0.381 e. The van der Waals surface area contributed by atoms with E-state index in [0.29, 0.717) is 0 Å². The van der Waals surface area contributed by atoms with Crippen LogP contribution in [0.3, 0.4) is 0 Å². The highest BCUT2D eigenvalue weighted by atomic mass is 16.5. The second-order valence-corrected chi connectivity index (χ2v) is 4.43. The Balaban J connectivity index is 1.46. The number of ether oxygens (including phenoxy) is 1. The standard InChI is InChI=1S/C11H21NO/c1(2-10-3-4-10)7-12-11-5-8-13-9-6-11/h10-12H,1-9H2. The second-order valence-electron chi connectivity index (χ2n) is 4.43. The maximum Gasteiger partial charge on any atom is 0.0480 e. The van der Waals surface area contributed by atoms with E-state index in [1.54, 1.807) is 0 Å². The topological polar surface area (TPSA) is 21.3 Å². The number of hydrogen-bond donors (Lipinski definition) is 1. The molecule has 2 rings (SSSR count). The van der Waals surface area contributed by atoms with Gasteiger partial charge in [-0.1, -0.05) is 12.8 Å². The maximum absolute atomic E-state index is 5.31. The van der Waals surface area contributed by atoms with Gasteiger partial charge in [-0.3, -0.25) is 0 Å². The van der Waals surface area contributed by atoms with Gasteiger partial charge in [-0.25, -0.2) is 0 Å². The summed E-state index contributed by atoms with van der Waals surface area (Å²) in [6, 6.07) is 0.743. The van der Waals surface area contributed by atoms with Crippen LogP contribution in [0.1, 0.15) is 38.5 Å². The lowest BCUT2D eigenvalue weighted by molar-refractivity contribution is 0.0780. The van der Waals surface area contributed by atoms with Crippen LogP contribution in [0.25, 0.3) is 0 Å². The smallest absolute Gasteiger partial charge is 0.0480 e. The van der Waals surface area contributed by atoms with Crippen LogP contribution in [0.5, 0.6) is 0 Å². The van der Waals surface area contributed by atoms with Crippen molar-refractivity contribution in [2.75, 3.05) is 19.8 Å². The minimum absolute atomic E-state index is 0.743. The normalized spacial score (nSPS) is 24.9. The molecule has 13 heavy (non-hydrogen) atoms. The van der Waals surface area contributed by atoms with Crippen molar-refractivity contribution in [2.24, 2.45) is 5.92 Å². The van der Waals surface area contributed by atoms with Crippen LogP contribution < -0.4 is 5.32 Å². The van der Waals surface area contributed by atoms with E-state index in [1.165, 1.54) is 45.1 Å². The van der Waals surface area contributed by atoms with E-state index in [1.807, 2.05) is 0 Å². The molecule has 1 aliphatic heterocycles. The Morgan fingerprint density at radius 1 is 1.08 bits per heavy atom. The van der Waals surface area contributed by atoms with Crippen LogP contribution in [0.2, 0.25) is 0 Å². The Hall–Kier alpha value is -0.0800. The van der Waals surface area contributed by atoms with Gasteiger partial charge in [0.05, 0.1) is 0 Å². The minimum atomic E-state index is 0.743. The fraction of sp³-hybridized carbons (Fsp3) is 1.00. The molecule has 0 amide bonds. The van der Waals surface area contributed by atoms with Crippen molar-refractivity contribution in [1.82, 2.24) is 5.32 Å². The van der Waals surface area contributed by atoms with Crippen molar-refractivity contribution >= 4 is 0 Å². The van der Waals surface area contributed by atoms with Crippen LogP contribution in [-0.2, 0) is 4.74 Å². The monoisotopic (exact) mass is 183 g/mol. The van der Waals surface area contributed by atoms with Crippen LogP contribution >= 0.6 is 0 Å². The van der Waals surface area contributed by atoms with E-state index in [4.69, 9.17) is 4.74 Å². The molecule has 2 aliphatic rings. The molecule has 2 heteroatoms. The van der Waals surface area contributed by atoms with E-state index >= 15 is 0 Å². The van der Waals surface area contributed by atoms with Gasteiger partial charge in [-0.15, -0.1) is 0 Å². The summed E-state index contributed by atoms with van der Waals surface area (Å²) in [5.41, 5.74) is 0. The molecule has 0 atom stereocenters. The first-order valence-electron chi connectivity index (χ1n) is 5.76. The van der Waals surface area contributed by atoms with Gasteiger partial charge in [-0.2, -0.15) is 0 Å². The first kappa shape index (κ1) is 9.47. The highest BCUT2D eigenvalue weighted by Crippen LogP contribution is 2.33. The molecule has 1 aliphatic carbocycles. The van der Waals surface area contributed by atoms with E-state index in [9.17, 15) is 0 Å². The molecule has 0 aromatic rings. The van der Waals surface area contributed by atoms with Crippen LogP contribution in [0.15, 0.2) is 0 Å². The van der Waals surface area contributed by atoms with Gasteiger partial charge in [-0.05, 0) is 38.1 Å². The summed E-state index contributed by atoms with van der Waals surface area (Å²) >= 11 is 0. The van der Waals surface area contributed by atoms with Crippen molar-refractivity contribution in [3.05, 3.63) is 0 Å². The molecule has 0 unspecified atom stereocenters. The first-order valence-corrected chi connectivity index (χ1v) is 5.76. The van der Waals surface area contributed by atoms with Crippen molar-refractivity contribution in [3.63, 3.8) is 0 Å². The fourth-order valence-corrected chi connectivity index (χ4v) is 2.01. The molecule has 2 nitrogen and oxygen atoms in total.